The van der Waals surface area contributed by atoms with Crippen molar-refractivity contribution < 1.29 is 31.9 Å². The van der Waals surface area contributed by atoms with Gasteiger partial charge in [0.1, 0.15) is 24.2 Å². The van der Waals surface area contributed by atoms with Crippen molar-refractivity contribution >= 4 is 35.1 Å². The molecule has 0 unspecified atom stereocenters. The molecule has 0 bridgehead atoms. The van der Waals surface area contributed by atoms with Crippen LogP contribution in [0.4, 0.5) is 23.4 Å². The second kappa shape index (κ2) is 9.79. The number of fused-ring (bicyclic) bond motifs is 3. The molecule has 8 nitrogen and oxygen atoms in total. The maximum absolute atomic E-state index is 14.7. The summed E-state index contributed by atoms with van der Waals surface area (Å²) < 4.78 is 54.6. The van der Waals surface area contributed by atoms with Crippen molar-refractivity contribution in [1.29, 1.82) is 0 Å². The number of carbonyl (C=O) groups excluding carboxylic acids is 3. The number of nitrogens with one attached hydrogen (secondary N) is 2. The predicted molar refractivity (Wildman–Crippen MR) is 139 cm³/mol. The Hall–Kier alpha value is -4.06. The molecule has 3 amide bonds. The number of aromatic nitrogens is 2. The van der Waals surface area contributed by atoms with E-state index in [1.807, 2.05) is 6.07 Å². The average Bonchev–Trinajstić information content (AvgIpc) is 3.42. The van der Waals surface area contributed by atoms with Crippen LogP contribution >= 0.6 is 11.6 Å². The molecule has 3 aliphatic rings. The molecule has 1 aliphatic carbocycles. The molecule has 41 heavy (non-hydrogen) atoms. The highest BCUT2D eigenvalue weighted by atomic mass is 35.5. The zero-order valence-electron chi connectivity index (χ0n) is 21.3. The fraction of sp³-hybridized carbons (Fsp3) is 0.321. The molecule has 1 aromatic carbocycles. The Balaban J connectivity index is 1.25. The van der Waals surface area contributed by atoms with Crippen molar-refractivity contribution in [3.05, 3.63) is 87.6 Å². The van der Waals surface area contributed by atoms with Crippen LogP contribution in [0.2, 0.25) is 5.02 Å². The van der Waals surface area contributed by atoms with Gasteiger partial charge >= 0.3 is 6.18 Å². The highest BCUT2D eigenvalue weighted by Crippen LogP contribution is 2.46. The van der Waals surface area contributed by atoms with Gasteiger partial charge in [-0.05, 0) is 42.7 Å². The van der Waals surface area contributed by atoms with Gasteiger partial charge in [0, 0.05) is 53.1 Å². The van der Waals surface area contributed by atoms with Crippen LogP contribution in [0.1, 0.15) is 45.1 Å². The number of likely N-dealkylation sites (tertiary alicyclic amines) is 1. The van der Waals surface area contributed by atoms with Crippen LogP contribution in [0.3, 0.4) is 0 Å². The molecule has 4 heterocycles. The van der Waals surface area contributed by atoms with Gasteiger partial charge < -0.3 is 15.5 Å². The van der Waals surface area contributed by atoms with Crippen LogP contribution in [0, 0.1) is 5.82 Å². The van der Waals surface area contributed by atoms with E-state index in [0.717, 1.165) is 11.6 Å². The third-order valence-corrected chi connectivity index (χ3v) is 8.26. The summed E-state index contributed by atoms with van der Waals surface area (Å²) in [4.78, 5) is 48.4. The zero-order valence-corrected chi connectivity index (χ0v) is 22.0. The Labute approximate surface area is 236 Å². The molecular formula is C28H22ClF4N5O3. The van der Waals surface area contributed by atoms with Crippen LogP contribution in [0.15, 0.2) is 48.8 Å². The van der Waals surface area contributed by atoms with Gasteiger partial charge in [0.15, 0.2) is 0 Å². The lowest BCUT2D eigenvalue weighted by atomic mass is 9.80. The number of alkyl halides is 3. The SMILES string of the molecule is O=C(N[C@H]1C[C@@H](c2c(F)cccc2Cl)CN(CC(F)(F)F)C1=O)c1cnc2c(c1)C[C@@]1(C2)C(=O)Nc2ncccc21. The zero-order chi connectivity index (χ0) is 29.1. The molecule has 3 aromatic rings. The van der Waals surface area contributed by atoms with Gasteiger partial charge in [-0.3, -0.25) is 19.4 Å². The van der Waals surface area contributed by atoms with Crippen LogP contribution in [-0.4, -0.2) is 57.9 Å². The van der Waals surface area contributed by atoms with Gasteiger partial charge in [-0.15, -0.1) is 0 Å². The first-order valence-electron chi connectivity index (χ1n) is 12.8. The van der Waals surface area contributed by atoms with Crippen molar-refractivity contribution in [2.75, 3.05) is 18.4 Å². The van der Waals surface area contributed by atoms with E-state index in [1.54, 1.807) is 18.3 Å². The van der Waals surface area contributed by atoms with E-state index >= 15 is 0 Å². The lowest BCUT2D eigenvalue weighted by Crippen LogP contribution is -2.56. The third-order valence-electron chi connectivity index (χ3n) is 7.93. The Kier molecular flexibility index (Phi) is 6.48. The molecular weight excluding hydrogens is 566 g/mol. The highest BCUT2D eigenvalue weighted by molar-refractivity contribution is 6.31. The summed E-state index contributed by atoms with van der Waals surface area (Å²) in [5, 5.41) is 5.33. The molecule has 0 radical (unpaired) electrons. The highest BCUT2D eigenvalue weighted by Gasteiger charge is 2.52. The van der Waals surface area contributed by atoms with E-state index in [0.29, 0.717) is 28.4 Å². The lowest BCUT2D eigenvalue weighted by Gasteiger charge is -2.38. The van der Waals surface area contributed by atoms with Gasteiger partial charge in [-0.1, -0.05) is 23.7 Å². The van der Waals surface area contributed by atoms with Crippen molar-refractivity contribution in [3.63, 3.8) is 0 Å². The van der Waals surface area contributed by atoms with E-state index in [2.05, 4.69) is 20.6 Å². The first-order valence-corrected chi connectivity index (χ1v) is 13.2. The fourth-order valence-electron chi connectivity index (χ4n) is 6.11. The first-order chi connectivity index (χ1) is 19.4. The molecule has 2 N–H and O–H groups in total. The summed E-state index contributed by atoms with van der Waals surface area (Å²) in [5.74, 6) is -3.00. The number of amides is 3. The van der Waals surface area contributed by atoms with Crippen molar-refractivity contribution in [1.82, 2.24) is 20.2 Å². The largest absolute Gasteiger partial charge is 0.406 e. The minimum Gasteiger partial charge on any atom is -0.340 e. The molecule has 0 saturated carbocycles. The number of benzene rings is 1. The monoisotopic (exact) mass is 587 g/mol. The quantitative estimate of drug-likeness (QED) is 0.450. The number of nitrogens with zero attached hydrogens (tertiary/aromatic N) is 3. The number of hydrogen-bond donors (Lipinski definition) is 2. The molecule has 3 atom stereocenters. The molecule has 2 aromatic heterocycles. The van der Waals surface area contributed by atoms with E-state index < -0.39 is 54.3 Å². The van der Waals surface area contributed by atoms with Gasteiger partial charge in [0.25, 0.3) is 5.91 Å². The standard InChI is InChI=1S/C28H22ClF4N5O3/c29-18-4-1-5-19(30)22(18)16-8-20(25(40)38(12-16)13-28(31,32)33)36-24(39)15-7-14-9-27(10-21(14)35-11-15)17-3-2-6-34-23(17)37-26(27)41/h1-7,11,16,20H,8-10,12-13H2,(H,36,39)(H,34,37,41)/t16-,20+,27+/m1/s1. The number of rotatable bonds is 4. The normalized spacial score (nSPS) is 23.4. The van der Waals surface area contributed by atoms with Crippen LogP contribution in [-0.2, 0) is 27.8 Å². The Morgan fingerprint density at radius 2 is 1.98 bits per heavy atom. The molecule has 1 spiro atoms. The molecule has 1 fully saturated rings. The number of anilines is 1. The summed E-state index contributed by atoms with van der Waals surface area (Å²) in [6.45, 7) is -1.96. The summed E-state index contributed by atoms with van der Waals surface area (Å²) in [7, 11) is 0. The molecule has 1 saturated heterocycles. The van der Waals surface area contributed by atoms with Crippen molar-refractivity contribution in [2.24, 2.45) is 0 Å². The van der Waals surface area contributed by atoms with Crippen LogP contribution < -0.4 is 10.6 Å². The maximum atomic E-state index is 14.7. The number of hydrogen-bond acceptors (Lipinski definition) is 5. The van der Waals surface area contributed by atoms with Gasteiger partial charge in [0.05, 0.1) is 11.0 Å². The van der Waals surface area contributed by atoms with Crippen LogP contribution in [0.25, 0.3) is 0 Å². The van der Waals surface area contributed by atoms with Gasteiger partial charge in [-0.2, -0.15) is 13.2 Å². The van der Waals surface area contributed by atoms with Gasteiger partial charge in [-0.25, -0.2) is 9.37 Å². The predicted octanol–water partition coefficient (Wildman–Crippen LogP) is 3.93. The second-order valence-corrected chi connectivity index (χ2v) is 11.0. The summed E-state index contributed by atoms with van der Waals surface area (Å²) in [6.07, 6.45) is -1.38. The second-order valence-electron chi connectivity index (χ2n) is 10.5. The third kappa shape index (κ3) is 4.79. The first kappa shape index (κ1) is 27.1. The molecule has 13 heteroatoms. The smallest absolute Gasteiger partial charge is 0.340 e. The summed E-state index contributed by atoms with van der Waals surface area (Å²) in [6, 6.07) is 7.69. The molecule has 212 valence electrons. The van der Waals surface area contributed by atoms with E-state index in [9.17, 15) is 31.9 Å². The number of piperidine rings is 1. The topological polar surface area (TPSA) is 104 Å². The number of halogens is 5. The fourth-order valence-corrected chi connectivity index (χ4v) is 6.42. The lowest BCUT2D eigenvalue weighted by molar-refractivity contribution is -0.165. The number of pyridine rings is 2. The minimum atomic E-state index is -4.70. The Morgan fingerprint density at radius 3 is 2.73 bits per heavy atom. The Bertz CT molecular complexity index is 1580. The minimum absolute atomic E-state index is 0.0119. The van der Waals surface area contributed by atoms with Crippen molar-refractivity contribution in [2.45, 2.75) is 42.8 Å². The van der Waals surface area contributed by atoms with E-state index in [-0.39, 0.29) is 34.9 Å². The van der Waals surface area contributed by atoms with Crippen LogP contribution in [0.5, 0.6) is 0 Å². The molecule has 2 aliphatic heterocycles. The number of carbonyl (C=O) groups is 3. The summed E-state index contributed by atoms with van der Waals surface area (Å²) in [5.41, 5.74) is 1.19. The van der Waals surface area contributed by atoms with E-state index in [1.165, 1.54) is 18.3 Å². The van der Waals surface area contributed by atoms with Crippen molar-refractivity contribution in [3.8, 4) is 0 Å². The maximum Gasteiger partial charge on any atom is 0.406 e. The average molecular weight is 588 g/mol. The molecule has 6 rings (SSSR count). The summed E-state index contributed by atoms with van der Waals surface area (Å²) >= 11 is 6.18. The Morgan fingerprint density at radius 1 is 1.17 bits per heavy atom. The van der Waals surface area contributed by atoms with Gasteiger partial charge in [0.2, 0.25) is 11.8 Å². The van der Waals surface area contributed by atoms with E-state index in [4.69, 9.17) is 11.6 Å².